The second-order valence-electron chi connectivity index (χ2n) is 4.16. The average Bonchev–Trinajstić information content (AvgIpc) is 2.31. The molecule has 5 heteroatoms. The highest BCUT2D eigenvalue weighted by Gasteiger charge is 2.14. The molecule has 1 aliphatic rings. The van der Waals surface area contributed by atoms with Crippen LogP contribution in [0.3, 0.4) is 0 Å². The maximum absolute atomic E-state index is 5.54. The van der Waals surface area contributed by atoms with E-state index in [2.05, 4.69) is 10.3 Å². The van der Waals surface area contributed by atoms with Crippen LogP contribution in [0.15, 0.2) is 0 Å². The number of hydrogen-bond acceptors (Lipinski definition) is 4. The Morgan fingerprint density at radius 3 is 2.25 bits per heavy atom. The van der Waals surface area contributed by atoms with Gasteiger partial charge in [-0.1, -0.05) is 19.3 Å². The standard InChI is InChI=1S/C11H26N2O2Si/c1-3-14-16(15-4-2)13-10-12-11-8-6-5-7-9-11/h11-13,16H,3-10H2,1-2H3. The summed E-state index contributed by atoms with van der Waals surface area (Å²) < 4.78 is 11.1. The molecular weight excluding hydrogens is 220 g/mol. The number of nitrogens with one attached hydrogen (secondary N) is 2. The van der Waals surface area contributed by atoms with Gasteiger partial charge in [0.15, 0.2) is 0 Å². The Hall–Kier alpha value is 0.0569. The summed E-state index contributed by atoms with van der Waals surface area (Å²) in [5, 5.41) is 3.53. The molecule has 1 fully saturated rings. The molecule has 0 bridgehead atoms. The lowest BCUT2D eigenvalue weighted by atomic mass is 9.96. The lowest BCUT2D eigenvalue weighted by molar-refractivity contribution is 0.201. The minimum Gasteiger partial charge on any atom is -0.385 e. The van der Waals surface area contributed by atoms with Crippen LogP contribution in [0.2, 0.25) is 0 Å². The smallest absolute Gasteiger partial charge is 0.385 e. The molecule has 1 rings (SSSR count). The van der Waals surface area contributed by atoms with Crippen LogP contribution in [-0.2, 0) is 8.85 Å². The Balaban J connectivity index is 2.06. The SMILES string of the molecule is CCO[SiH](NCNC1CCCCC1)OCC. The maximum Gasteiger partial charge on any atom is 0.409 e. The Kier molecular flexibility index (Phi) is 8.05. The molecule has 0 unspecified atom stereocenters. The van der Waals surface area contributed by atoms with Crippen LogP contribution < -0.4 is 10.3 Å². The van der Waals surface area contributed by atoms with Gasteiger partial charge in [-0.05, 0) is 26.7 Å². The van der Waals surface area contributed by atoms with Gasteiger partial charge in [-0.2, -0.15) is 0 Å². The van der Waals surface area contributed by atoms with Crippen molar-refractivity contribution < 1.29 is 8.85 Å². The summed E-state index contributed by atoms with van der Waals surface area (Å²) in [6, 6.07) is 0.694. The quantitative estimate of drug-likeness (QED) is 0.500. The summed E-state index contributed by atoms with van der Waals surface area (Å²) in [4.78, 5) is 3.35. The highest BCUT2D eigenvalue weighted by molar-refractivity contribution is 6.41. The van der Waals surface area contributed by atoms with Gasteiger partial charge in [0.1, 0.15) is 0 Å². The van der Waals surface area contributed by atoms with E-state index in [0.717, 1.165) is 19.9 Å². The van der Waals surface area contributed by atoms with Crippen LogP contribution in [0.25, 0.3) is 0 Å². The van der Waals surface area contributed by atoms with Crippen molar-refractivity contribution >= 4 is 9.45 Å². The summed E-state index contributed by atoms with van der Waals surface area (Å²) in [7, 11) is -1.62. The first-order valence-corrected chi connectivity index (χ1v) is 8.08. The third-order valence-electron chi connectivity index (χ3n) is 2.90. The lowest BCUT2D eigenvalue weighted by Crippen LogP contribution is -2.47. The highest BCUT2D eigenvalue weighted by Crippen LogP contribution is 2.16. The molecule has 2 N–H and O–H groups in total. The van der Waals surface area contributed by atoms with Crippen molar-refractivity contribution in [2.24, 2.45) is 0 Å². The van der Waals surface area contributed by atoms with Gasteiger partial charge in [-0.15, -0.1) is 0 Å². The zero-order chi connectivity index (χ0) is 11.6. The first-order valence-electron chi connectivity index (χ1n) is 6.56. The normalized spacial score (nSPS) is 18.2. The zero-order valence-corrected chi connectivity index (χ0v) is 11.8. The Morgan fingerprint density at radius 2 is 1.69 bits per heavy atom. The van der Waals surface area contributed by atoms with E-state index in [1.807, 2.05) is 13.8 Å². The highest BCUT2D eigenvalue weighted by atomic mass is 28.3. The van der Waals surface area contributed by atoms with Crippen LogP contribution >= 0.6 is 0 Å². The second-order valence-corrected chi connectivity index (χ2v) is 5.90. The van der Waals surface area contributed by atoms with Crippen molar-refractivity contribution in [3.8, 4) is 0 Å². The number of rotatable bonds is 8. The summed E-state index contributed by atoms with van der Waals surface area (Å²) in [5.74, 6) is 0. The minimum absolute atomic E-state index is 0.694. The van der Waals surface area contributed by atoms with Crippen molar-refractivity contribution in [2.75, 3.05) is 19.9 Å². The molecule has 0 amide bonds. The van der Waals surface area contributed by atoms with E-state index in [0.29, 0.717) is 6.04 Å². The summed E-state index contributed by atoms with van der Waals surface area (Å²) in [6.07, 6.45) is 6.78. The molecule has 0 aromatic rings. The van der Waals surface area contributed by atoms with E-state index < -0.39 is 9.45 Å². The molecule has 0 spiro atoms. The van der Waals surface area contributed by atoms with Crippen LogP contribution in [0, 0.1) is 0 Å². The second kappa shape index (κ2) is 9.12. The molecule has 4 nitrogen and oxygen atoms in total. The lowest BCUT2D eigenvalue weighted by Gasteiger charge is -2.24. The molecule has 0 atom stereocenters. The zero-order valence-electron chi connectivity index (χ0n) is 10.6. The molecule has 0 radical (unpaired) electrons. The fourth-order valence-corrected chi connectivity index (χ4v) is 3.28. The Labute approximate surface area is 101 Å². The van der Waals surface area contributed by atoms with Gasteiger partial charge in [0.2, 0.25) is 0 Å². The summed E-state index contributed by atoms with van der Waals surface area (Å²) >= 11 is 0. The maximum atomic E-state index is 5.54. The van der Waals surface area contributed by atoms with Gasteiger partial charge in [0.05, 0.1) is 0 Å². The van der Waals surface area contributed by atoms with Gasteiger partial charge in [0.25, 0.3) is 0 Å². The largest absolute Gasteiger partial charge is 0.409 e. The molecule has 0 aliphatic heterocycles. The fraction of sp³-hybridized carbons (Fsp3) is 1.00. The molecule has 1 aliphatic carbocycles. The van der Waals surface area contributed by atoms with Crippen molar-refractivity contribution in [2.45, 2.75) is 52.0 Å². The van der Waals surface area contributed by atoms with Gasteiger partial charge in [0, 0.05) is 25.9 Å². The monoisotopic (exact) mass is 246 g/mol. The van der Waals surface area contributed by atoms with Crippen molar-refractivity contribution in [3.05, 3.63) is 0 Å². The molecular formula is C11H26N2O2Si. The van der Waals surface area contributed by atoms with Crippen molar-refractivity contribution in [1.29, 1.82) is 0 Å². The topological polar surface area (TPSA) is 42.5 Å². The average molecular weight is 246 g/mol. The molecule has 0 aromatic heterocycles. The predicted molar refractivity (Wildman–Crippen MR) is 68.4 cm³/mol. The molecule has 16 heavy (non-hydrogen) atoms. The molecule has 0 heterocycles. The summed E-state index contributed by atoms with van der Waals surface area (Å²) in [5.41, 5.74) is 0. The minimum atomic E-state index is -1.62. The van der Waals surface area contributed by atoms with Crippen molar-refractivity contribution in [3.63, 3.8) is 0 Å². The van der Waals surface area contributed by atoms with Crippen LogP contribution in [-0.4, -0.2) is 35.4 Å². The van der Waals surface area contributed by atoms with Gasteiger partial charge < -0.3 is 14.2 Å². The Bertz CT molecular complexity index is 160. The van der Waals surface area contributed by atoms with Crippen LogP contribution in [0.5, 0.6) is 0 Å². The van der Waals surface area contributed by atoms with E-state index in [4.69, 9.17) is 8.85 Å². The Morgan fingerprint density at radius 1 is 1.06 bits per heavy atom. The van der Waals surface area contributed by atoms with E-state index in [9.17, 15) is 0 Å². The summed E-state index contributed by atoms with van der Waals surface area (Å²) in [6.45, 7) is 6.30. The van der Waals surface area contributed by atoms with E-state index in [-0.39, 0.29) is 0 Å². The number of hydrogen-bond donors (Lipinski definition) is 2. The van der Waals surface area contributed by atoms with E-state index >= 15 is 0 Å². The molecule has 1 saturated carbocycles. The van der Waals surface area contributed by atoms with Gasteiger partial charge >= 0.3 is 9.45 Å². The van der Waals surface area contributed by atoms with E-state index in [1.165, 1.54) is 32.1 Å². The van der Waals surface area contributed by atoms with Crippen molar-refractivity contribution in [1.82, 2.24) is 10.3 Å². The predicted octanol–water partition coefficient (Wildman–Crippen LogP) is 1.25. The third kappa shape index (κ3) is 5.96. The molecule has 0 aromatic carbocycles. The van der Waals surface area contributed by atoms with Gasteiger partial charge in [-0.25, -0.2) is 0 Å². The molecule has 0 saturated heterocycles. The van der Waals surface area contributed by atoms with Crippen LogP contribution in [0.4, 0.5) is 0 Å². The third-order valence-corrected chi connectivity index (χ3v) is 4.71. The first kappa shape index (κ1) is 14.1. The van der Waals surface area contributed by atoms with Gasteiger partial charge in [-0.3, -0.25) is 4.98 Å². The van der Waals surface area contributed by atoms with Crippen LogP contribution in [0.1, 0.15) is 46.0 Å². The molecule has 96 valence electrons. The first-order chi connectivity index (χ1) is 7.86. The van der Waals surface area contributed by atoms with E-state index in [1.54, 1.807) is 0 Å². The fourth-order valence-electron chi connectivity index (χ4n) is 2.06.